The van der Waals surface area contributed by atoms with Crippen LogP contribution in [-0.2, 0) is 10.2 Å². The first-order chi connectivity index (χ1) is 7.10. The predicted octanol–water partition coefficient (Wildman–Crippen LogP) is 2.12. The van der Waals surface area contributed by atoms with Crippen LogP contribution in [0.1, 0.15) is 40.3 Å². The first-order valence-electron chi connectivity index (χ1n) is 5.17. The molecule has 1 rings (SSSR count). The van der Waals surface area contributed by atoms with Crippen LogP contribution in [0.3, 0.4) is 0 Å². The molecule has 3 N–H and O–H groups in total. The lowest BCUT2D eigenvalue weighted by Crippen LogP contribution is -2.45. The van der Waals surface area contributed by atoms with E-state index in [4.69, 9.17) is 5.73 Å². The highest BCUT2D eigenvalue weighted by molar-refractivity contribution is 7.14. The van der Waals surface area contributed by atoms with E-state index >= 15 is 0 Å². The number of nitrogens with zero attached hydrogens (tertiary/aromatic N) is 1. The number of amides is 1. The first kappa shape index (κ1) is 13.1. The van der Waals surface area contributed by atoms with Crippen molar-refractivity contribution in [3.05, 3.63) is 11.1 Å². The predicted molar refractivity (Wildman–Crippen MR) is 67.7 cm³/mol. The van der Waals surface area contributed by atoms with Gasteiger partial charge in [0.15, 0.2) is 5.13 Å². The van der Waals surface area contributed by atoms with Crippen LogP contribution < -0.4 is 11.1 Å². The second-order valence-electron chi connectivity index (χ2n) is 5.46. The highest BCUT2D eigenvalue weighted by Gasteiger charge is 2.24. The fraction of sp³-hybridized carbons (Fsp3) is 0.636. The van der Waals surface area contributed by atoms with Crippen molar-refractivity contribution in [2.75, 3.05) is 5.32 Å². The van der Waals surface area contributed by atoms with Crippen molar-refractivity contribution in [2.24, 2.45) is 5.73 Å². The van der Waals surface area contributed by atoms with Crippen molar-refractivity contribution in [3.63, 3.8) is 0 Å². The number of nitrogens with one attached hydrogen (secondary N) is 1. The molecule has 0 aliphatic carbocycles. The van der Waals surface area contributed by atoms with Crippen LogP contribution >= 0.6 is 11.3 Å². The van der Waals surface area contributed by atoms with Crippen molar-refractivity contribution >= 4 is 22.4 Å². The summed E-state index contributed by atoms with van der Waals surface area (Å²) in [5.74, 6) is -0.220. The zero-order chi connectivity index (χ0) is 12.6. The molecule has 16 heavy (non-hydrogen) atoms. The molecule has 1 amide bonds. The van der Waals surface area contributed by atoms with Crippen LogP contribution in [0, 0.1) is 0 Å². The van der Waals surface area contributed by atoms with Crippen molar-refractivity contribution < 1.29 is 4.79 Å². The van der Waals surface area contributed by atoms with E-state index in [1.165, 1.54) is 11.3 Å². The van der Waals surface area contributed by atoms with Gasteiger partial charge in [0.2, 0.25) is 5.91 Å². The summed E-state index contributed by atoms with van der Waals surface area (Å²) in [6.07, 6.45) is 0. The number of hydrogen-bond donors (Lipinski definition) is 2. The van der Waals surface area contributed by atoms with Crippen LogP contribution in [0.5, 0.6) is 0 Å². The highest BCUT2D eigenvalue weighted by atomic mass is 32.1. The molecule has 0 spiro atoms. The Hall–Kier alpha value is -0.940. The number of thiazole rings is 1. The summed E-state index contributed by atoms with van der Waals surface area (Å²) in [6.45, 7) is 9.59. The second-order valence-corrected chi connectivity index (χ2v) is 6.32. The van der Waals surface area contributed by atoms with Gasteiger partial charge in [-0.2, -0.15) is 0 Å². The Balaban J connectivity index is 2.78. The summed E-state index contributed by atoms with van der Waals surface area (Å²) in [4.78, 5) is 16.0. The molecule has 0 aliphatic rings. The standard InChI is InChI=1S/C11H19N3OS/c1-10(2,3)7-6-16-9(13-7)14-8(15)11(4,5)12/h6H,12H2,1-5H3,(H,13,14,15). The van der Waals surface area contributed by atoms with E-state index in [9.17, 15) is 4.79 Å². The molecule has 0 fully saturated rings. The Morgan fingerprint density at radius 3 is 2.31 bits per heavy atom. The molecule has 4 nitrogen and oxygen atoms in total. The lowest BCUT2D eigenvalue weighted by molar-refractivity contribution is -0.120. The lowest BCUT2D eigenvalue weighted by Gasteiger charge is -2.17. The molecule has 0 radical (unpaired) electrons. The van der Waals surface area contributed by atoms with Crippen LogP contribution in [0.15, 0.2) is 5.38 Å². The minimum absolute atomic E-state index is 0.00227. The van der Waals surface area contributed by atoms with Gasteiger partial charge in [-0.15, -0.1) is 11.3 Å². The number of anilines is 1. The van der Waals surface area contributed by atoms with Gasteiger partial charge < -0.3 is 11.1 Å². The molecular formula is C11H19N3OS. The van der Waals surface area contributed by atoms with Gasteiger partial charge in [0, 0.05) is 10.8 Å². The zero-order valence-electron chi connectivity index (χ0n) is 10.4. The monoisotopic (exact) mass is 241 g/mol. The minimum Gasteiger partial charge on any atom is -0.318 e. The number of carbonyl (C=O) groups excluding carboxylic acids is 1. The van der Waals surface area contributed by atoms with Crippen LogP contribution in [0.25, 0.3) is 0 Å². The average Bonchev–Trinajstić information content (AvgIpc) is 2.49. The van der Waals surface area contributed by atoms with E-state index in [0.29, 0.717) is 5.13 Å². The maximum absolute atomic E-state index is 11.6. The van der Waals surface area contributed by atoms with Crippen molar-refractivity contribution in [1.82, 2.24) is 4.98 Å². The van der Waals surface area contributed by atoms with E-state index in [-0.39, 0.29) is 11.3 Å². The van der Waals surface area contributed by atoms with Gasteiger partial charge in [0.25, 0.3) is 0 Å². The Bertz CT molecular complexity index is 385. The largest absolute Gasteiger partial charge is 0.318 e. The summed E-state index contributed by atoms with van der Waals surface area (Å²) in [7, 11) is 0. The molecule has 0 bridgehead atoms. The third-order valence-corrected chi connectivity index (χ3v) is 2.84. The molecule has 1 heterocycles. The van der Waals surface area contributed by atoms with E-state index in [2.05, 4.69) is 31.1 Å². The molecule has 1 aromatic rings. The number of carbonyl (C=O) groups is 1. The molecule has 0 aromatic carbocycles. The fourth-order valence-electron chi connectivity index (χ4n) is 0.934. The van der Waals surface area contributed by atoms with Crippen LogP contribution in [-0.4, -0.2) is 16.4 Å². The minimum atomic E-state index is -0.881. The average molecular weight is 241 g/mol. The van der Waals surface area contributed by atoms with Crippen molar-refractivity contribution in [2.45, 2.75) is 45.6 Å². The Morgan fingerprint density at radius 1 is 1.38 bits per heavy atom. The Kier molecular flexibility index (Phi) is 3.40. The molecule has 0 saturated heterocycles. The molecule has 0 aliphatic heterocycles. The zero-order valence-corrected chi connectivity index (χ0v) is 11.2. The van der Waals surface area contributed by atoms with E-state index < -0.39 is 5.54 Å². The molecular weight excluding hydrogens is 222 g/mol. The van der Waals surface area contributed by atoms with Gasteiger partial charge in [-0.1, -0.05) is 20.8 Å². The molecule has 0 atom stereocenters. The van der Waals surface area contributed by atoms with E-state index in [0.717, 1.165) is 5.69 Å². The molecule has 0 unspecified atom stereocenters. The maximum atomic E-state index is 11.6. The molecule has 0 saturated carbocycles. The van der Waals surface area contributed by atoms with Crippen LogP contribution in [0.2, 0.25) is 0 Å². The maximum Gasteiger partial charge on any atom is 0.245 e. The van der Waals surface area contributed by atoms with E-state index in [1.807, 2.05) is 5.38 Å². The topological polar surface area (TPSA) is 68.0 Å². The van der Waals surface area contributed by atoms with Gasteiger partial charge in [-0.05, 0) is 13.8 Å². The molecule has 5 heteroatoms. The number of rotatable bonds is 2. The second kappa shape index (κ2) is 4.14. The molecule has 1 aromatic heterocycles. The summed E-state index contributed by atoms with van der Waals surface area (Å²) < 4.78 is 0. The summed E-state index contributed by atoms with van der Waals surface area (Å²) in [5, 5.41) is 5.28. The van der Waals surface area contributed by atoms with Gasteiger partial charge >= 0.3 is 0 Å². The van der Waals surface area contributed by atoms with Gasteiger partial charge in [-0.3, -0.25) is 4.79 Å². The number of hydrogen-bond acceptors (Lipinski definition) is 4. The third kappa shape index (κ3) is 3.28. The first-order valence-corrected chi connectivity index (χ1v) is 6.05. The Morgan fingerprint density at radius 2 is 1.94 bits per heavy atom. The highest BCUT2D eigenvalue weighted by Crippen LogP contribution is 2.26. The third-order valence-electron chi connectivity index (χ3n) is 2.08. The summed E-state index contributed by atoms with van der Waals surface area (Å²) in [6, 6.07) is 0. The van der Waals surface area contributed by atoms with Gasteiger partial charge in [-0.25, -0.2) is 4.98 Å². The molecule has 90 valence electrons. The quantitative estimate of drug-likeness (QED) is 0.833. The van der Waals surface area contributed by atoms with Gasteiger partial charge in [0.05, 0.1) is 11.2 Å². The summed E-state index contributed by atoms with van der Waals surface area (Å²) in [5.41, 5.74) is 5.78. The van der Waals surface area contributed by atoms with E-state index in [1.54, 1.807) is 13.8 Å². The number of aromatic nitrogens is 1. The SMILES string of the molecule is CC(C)(N)C(=O)Nc1nc(C(C)(C)C)cs1. The summed E-state index contributed by atoms with van der Waals surface area (Å²) >= 11 is 1.42. The normalized spacial score (nSPS) is 12.6. The van der Waals surface area contributed by atoms with Crippen LogP contribution in [0.4, 0.5) is 5.13 Å². The van der Waals surface area contributed by atoms with Crippen molar-refractivity contribution in [3.8, 4) is 0 Å². The number of nitrogens with two attached hydrogens (primary N) is 1. The van der Waals surface area contributed by atoms with Crippen molar-refractivity contribution in [1.29, 1.82) is 0 Å². The smallest absolute Gasteiger partial charge is 0.245 e. The van der Waals surface area contributed by atoms with Gasteiger partial charge in [0.1, 0.15) is 0 Å². The lowest BCUT2D eigenvalue weighted by atomic mass is 9.93. The fourth-order valence-corrected chi connectivity index (χ4v) is 1.87. The Labute approximate surface area is 100 Å².